The fourth-order valence-electron chi connectivity index (χ4n) is 3.28. The maximum absolute atomic E-state index is 13.1. The molecule has 0 aliphatic carbocycles. The first kappa shape index (κ1) is 19.9. The lowest BCUT2D eigenvalue weighted by molar-refractivity contribution is 0.0676. The molecule has 0 fully saturated rings. The molecule has 0 N–H and O–H groups in total. The zero-order chi connectivity index (χ0) is 19.9. The molecule has 0 aliphatic heterocycles. The van der Waals surface area contributed by atoms with Gasteiger partial charge in [0.15, 0.2) is 0 Å². The molecule has 28 heavy (non-hydrogen) atoms. The van der Waals surface area contributed by atoms with E-state index in [0.29, 0.717) is 25.3 Å². The van der Waals surface area contributed by atoms with E-state index in [4.69, 9.17) is 4.74 Å². The van der Waals surface area contributed by atoms with Crippen LogP contribution in [-0.4, -0.2) is 35.6 Å². The quantitative estimate of drug-likeness (QED) is 0.582. The number of benzene rings is 2. The largest absolute Gasteiger partial charge is 0.383 e. The van der Waals surface area contributed by atoms with Crippen LogP contribution in [0.3, 0.4) is 0 Å². The first-order valence-corrected chi connectivity index (χ1v) is 9.61. The van der Waals surface area contributed by atoms with Crippen LogP contribution in [0.4, 0.5) is 0 Å². The highest BCUT2D eigenvalue weighted by Gasteiger charge is 2.17. The van der Waals surface area contributed by atoms with E-state index in [1.807, 2.05) is 42.2 Å². The van der Waals surface area contributed by atoms with E-state index < -0.39 is 0 Å². The van der Waals surface area contributed by atoms with E-state index >= 15 is 0 Å². The molecule has 146 valence electrons. The highest BCUT2D eigenvalue weighted by Crippen LogP contribution is 2.14. The standard InChI is InChI=1S/C24H28N2O2/c1-19-9-11-22(12-10-19)24(27)26(14-15-28-3)18-23-8-5-13-25(23)17-21-7-4-6-20(2)16-21/h4-13,16H,14-15,17-18H2,1-3H3. The van der Waals surface area contributed by atoms with Crippen molar-refractivity contribution < 1.29 is 9.53 Å². The number of hydrogen-bond acceptors (Lipinski definition) is 2. The zero-order valence-electron chi connectivity index (χ0n) is 16.9. The van der Waals surface area contributed by atoms with E-state index in [-0.39, 0.29) is 5.91 Å². The summed E-state index contributed by atoms with van der Waals surface area (Å²) >= 11 is 0. The van der Waals surface area contributed by atoms with E-state index in [1.54, 1.807) is 7.11 Å². The molecule has 3 rings (SSSR count). The van der Waals surface area contributed by atoms with Crippen LogP contribution in [0, 0.1) is 13.8 Å². The van der Waals surface area contributed by atoms with Crippen molar-refractivity contribution in [2.75, 3.05) is 20.3 Å². The predicted octanol–water partition coefficient (Wildman–Crippen LogP) is 4.44. The van der Waals surface area contributed by atoms with Gasteiger partial charge in [-0.1, -0.05) is 47.5 Å². The van der Waals surface area contributed by atoms with Gasteiger partial charge in [0.1, 0.15) is 0 Å². The van der Waals surface area contributed by atoms with Gasteiger partial charge in [-0.2, -0.15) is 0 Å². The third kappa shape index (κ3) is 5.11. The number of carbonyl (C=O) groups is 1. The monoisotopic (exact) mass is 376 g/mol. The van der Waals surface area contributed by atoms with Gasteiger partial charge in [0.25, 0.3) is 5.91 Å². The molecule has 4 heteroatoms. The molecule has 3 aromatic rings. The molecule has 0 spiro atoms. The SMILES string of the molecule is COCCN(Cc1cccn1Cc1cccc(C)c1)C(=O)c1ccc(C)cc1. The summed E-state index contributed by atoms with van der Waals surface area (Å²) < 4.78 is 7.44. The van der Waals surface area contributed by atoms with Crippen molar-refractivity contribution in [1.82, 2.24) is 9.47 Å². The second kappa shape index (κ2) is 9.38. The van der Waals surface area contributed by atoms with Crippen LogP contribution in [0.15, 0.2) is 66.9 Å². The average molecular weight is 377 g/mol. The molecule has 2 aromatic carbocycles. The van der Waals surface area contributed by atoms with Gasteiger partial charge in [-0.3, -0.25) is 4.79 Å². The van der Waals surface area contributed by atoms with Crippen molar-refractivity contribution in [2.24, 2.45) is 0 Å². The van der Waals surface area contributed by atoms with E-state index in [9.17, 15) is 4.79 Å². The predicted molar refractivity (Wildman–Crippen MR) is 113 cm³/mol. The fraction of sp³-hybridized carbons (Fsp3) is 0.292. The number of nitrogens with zero attached hydrogens (tertiary/aromatic N) is 2. The van der Waals surface area contributed by atoms with Gasteiger partial charge in [0.05, 0.1) is 13.2 Å². The molecule has 0 saturated heterocycles. The molecule has 0 bridgehead atoms. The number of aryl methyl sites for hydroxylation is 2. The van der Waals surface area contributed by atoms with Gasteiger partial charge < -0.3 is 14.2 Å². The summed E-state index contributed by atoms with van der Waals surface area (Å²) in [5, 5.41) is 0. The van der Waals surface area contributed by atoms with Crippen LogP contribution in [0.5, 0.6) is 0 Å². The Morgan fingerprint density at radius 1 is 1.00 bits per heavy atom. The minimum absolute atomic E-state index is 0.0281. The van der Waals surface area contributed by atoms with Crippen LogP contribution >= 0.6 is 0 Å². The minimum atomic E-state index is 0.0281. The van der Waals surface area contributed by atoms with Crippen LogP contribution < -0.4 is 0 Å². The highest BCUT2D eigenvalue weighted by molar-refractivity contribution is 5.94. The van der Waals surface area contributed by atoms with Crippen molar-refractivity contribution in [3.05, 3.63) is 94.8 Å². The summed E-state index contributed by atoms with van der Waals surface area (Å²) in [7, 11) is 1.66. The molecule has 0 aliphatic rings. The second-order valence-electron chi connectivity index (χ2n) is 7.20. The van der Waals surface area contributed by atoms with Gasteiger partial charge in [-0.25, -0.2) is 0 Å². The summed E-state index contributed by atoms with van der Waals surface area (Å²) in [6, 6.07) is 20.4. The molecule has 1 aromatic heterocycles. The normalized spacial score (nSPS) is 10.8. The Hall–Kier alpha value is -2.85. The first-order chi connectivity index (χ1) is 13.6. The minimum Gasteiger partial charge on any atom is -0.383 e. The topological polar surface area (TPSA) is 34.5 Å². The number of hydrogen-bond donors (Lipinski definition) is 0. The molecular formula is C24H28N2O2. The molecule has 0 unspecified atom stereocenters. The van der Waals surface area contributed by atoms with Crippen molar-refractivity contribution in [3.8, 4) is 0 Å². The Labute approximate surface area is 167 Å². The third-order valence-electron chi connectivity index (χ3n) is 4.86. The summed E-state index contributed by atoms with van der Waals surface area (Å²) in [4.78, 5) is 14.9. The van der Waals surface area contributed by atoms with E-state index in [1.165, 1.54) is 11.1 Å². The van der Waals surface area contributed by atoms with E-state index in [2.05, 4.69) is 48.0 Å². The third-order valence-corrected chi connectivity index (χ3v) is 4.86. The van der Waals surface area contributed by atoms with Gasteiger partial charge in [0, 0.05) is 37.7 Å². The molecule has 0 radical (unpaired) electrons. The Kier molecular flexibility index (Phi) is 6.66. The van der Waals surface area contributed by atoms with Gasteiger partial charge in [-0.05, 0) is 43.7 Å². The van der Waals surface area contributed by atoms with Crippen molar-refractivity contribution in [2.45, 2.75) is 26.9 Å². The van der Waals surface area contributed by atoms with Crippen LogP contribution in [0.25, 0.3) is 0 Å². The highest BCUT2D eigenvalue weighted by atomic mass is 16.5. The lowest BCUT2D eigenvalue weighted by Crippen LogP contribution is -2.34. The van der Waals surface area contributed by atoms with Crippen molar-refractivity contribution in [3.63, 3.8) is 0 Å². The van der Waals surface area contributed by atoms with Crippen LogP contribution in [0.1, 0.15) is 32.7 Å². The Balaban J connectivity index is 1.78. The fourth-order valence-corrected chi connectivity index (χ4v) is 3.28. The summed E-state index contributed by atoms with van der Waals surface area (Å²) in [5.74, 6) is 0.0281. The van der Waals surface area contributed by atoms with Gasteiger partial charge in [-0.15, -0.1) is 0 Å². The second-order valence-corrected chi connectivity index (χ2v) is 7.20. The van der Waals surface area contributed by atoms with Gasteiger partial charge in [0.2, 0.25) is 0 Å². The molecule has 4 nitrogen and oxygen atoms in total. The lowest BCUT2D eigenvalue weighted by Gasteiger charge is -2.23. The van der Waals surface area contributed by atoms with E-state index in [0.717, 1.165) is 17.8 Å². The number of ether oxygens (including phenoxy) is 1. The summed E-state index contributed by atoms with van der Waals surface area (Å²) in [6.45, 7) is 6.53. The summed E-state index contributed by atoms with van der Waals surface area (Å²) in [5.41, 5.74) is 5.47. The molecule has 0 atom stereocenters. The Morgan fingerprint density at radius 2 is 1.79 bits per heavy atom. The first-order valence-electron chi connectivity index (χ1n) is 9.61. The lowest BCUT2D eigenvalue weighted by atomic mass is 10.1. The number of methoxy groups -OCH3 is 1. The van der Waals surface area contributed by atoms with Crippen molar-refractivity contribution >= 4 is 5.91 Å². The number of amides is 1. The summed E-state index contributed by atoms with van der Waals surface area (Å²) in [6.07, 6.45) is 2.07. The Morgan fingerprint density at radius 3 is 2.50 bits per heavy atom. The average Bonchev–Trinajstić information content (AvgIpc) is 3.12. The number of aromatic nitrogens is 1. The maximum Gasteiger partial charge on any atom is 0.254 e. The zero-order valence-corrected chi connectivity index (χ0v) is 16.9. The maximum atomic E-state index is 13.1. The molecule has 1 amide bonds. The molecular weight excluding hydrogens is 348 g/mol. The molecule has 0 saturated carbocycles. The molecule has 1 heterocycles. The smallest absolute Gasteiger partial charge is 0.254 e. The Bertz CT molecular complexity index is 912. The number of rotatable bonds is 8. The van der Waals surface area contributed by atoms with Gasteiger partial charge >= 0.3 is 0 Å². The number of carbonyl (C=O) groups excluding carboxylic acids is 1. The van der Waals surface area contributed by atoms with Crippen LogP contribution in [0.2, 0.25) is 0 Å². The van der Waals surface area contributed by atoms with Crippen molar-refractivity contribution in [1.29, 1.82) is 0 Å². The van der Waals surface area contributed by atoms with Crippen LogP contribution in [-0.2, 0) is 17.8 Å².